The molecule has 0 saturated heterocycles. The van der Waals surface area contributed by atoms with Gasteiger partial charge in [0.05, 0.1) is 0 Å². The summed E-state index contributed by atoms with van der Waals surface area (Å²) in [6, 6.07) is 5.02. The third-order valence-corrected chi connectivity index (χ3v) is 1.52. The number of aromatic nitrogens is 3. The lowest BCUT2D eigenvalue weighted by molar-refractivity contribution is -0.0980. The van der Waals surface area contributed by atoms with Gasteiger partial charge in [-0.1, -0.05) is 6.07 Å². The van der Waals surface area contributed by atoms with Gasteiger partial charge in [-0.05, 0) is 12.1 Å². The van der Waals surface area contributed by atoms with E-state index in [0.717, 1.165) is 0 Å². The van der Waals surface area contributed by atoms with Crippen molar-refractivity contribution in [2.24, 2.45) is 11.5 Å². The quantitative estimate of drug-likeness (QED) is 0.297. The second-order valence-electron chi connectivity index (χ2n) is 3.33. The fraction of sp³-hybridized carbons (Fsp3) is 0. The Kier molecular flexibility index (Phi) is 11.2. The summed E-state index contributed by atoms with van der Waals surface area (Å²) in [5.74, 6) is 0.301. The van der Waals surface area contributed by atoms with Gasteiger partial charge in [0.15, 0.2) is 0 Å². The first kappa shape index (κ1) is 21.5. The van der Waals surface area contributed by atoms with E-state index in [2.05, 4.69) is 26.4 Å². The zero-order chi connectivity index (χ0) is 18.4. The topological polar surface area (TPSA) is 243 Å². The maximum atomic E-state index is 9.00. The van der Waals surface area contributed by atoms with Gasteiger partial charge >= 0.3 is 6.03 Å². The maximum Gasteiger partial charge on any atom is 0.309 e. The van der Waals surface area contributed by atoms with Crippen LogP contribution in [0.1, 0.15) is 0 Å². The Morgan fingerprint density at radius 2 is 1.13 bits per heavy atom. The van der Waals surface area contributed by atoms with Gasteiger partial charge in [-0.3, -0.25) is 0 Å². The fourth-order valence-electron chi connectivity index (χ4n) is 0.920. The van der Waals surface area contributed by atoms with Gasteiger partial charge in [0, 0.05) is 6.07 Å². The van der Waals surface area contributed by atoms with Crippen LogP contribution in [0.25, 0.3) is 0 Å². The lowest BCUT2D eigenvalue weighted by Gasteiger charge is -1.93. The molecule has 2 aromatic rings. The highest BCUT2D eigenvalue weighted by molar-refractivity contribution is 5.69. The number of carbonyl (C=O) groups is 2. The minimum atomic E-state index is -0.833. The lowest BCUT2D eigenvalue weighted by atomic mass is 10.3. The van der Waals surface area contributed by atoms with Gasteiger partial charge in [0.2, 0.25) is 17.8 Å². The Morgan fingerprint density at radius 1 is 0.870 bits per heavy atom. The second-order valence-corrected chi connectivity index (χ2v) is 3.33. The van der Waals surface area contributed by atoms with E-state index in [1.54, 1.807) is 6.07 Å². The Bertz CT molecular complexity index is 539. The van der Waals surface area contributed by atoms with Crippen molar-refractivity contribution < 1.29 is 19.8 Å². The zero-order valence-electron chi connectivity index (χ0n) is 12.0. The Labute approximate surface area is 131 Å². The van der Waals surface area contributed by atoms with Gasteiger partial charge in [-0.2, -0.15) is 15.0 Å². The smallest absolute Gasteiger partial charge is 0.309 e. The molecule has 0 radical (unpaired) electrons. The third-order valence-electron chi connectivity index (χ3n) is 1.52. The van der Waals surface area contributed by atoms with E-state index in [-0.39, 0.29) is 29.3 Å². The SMILES string of the molecule is C=O.NC(N)=O.Nc1nc(N)nc(N)n1.Oc1cccc(O)c1. The number of nitrogens with zero attached hydrogens (tertiary/aromatic N) is 3. The number of hydrogen-bond donors (Lipinski definition) is 7. The summed E-state index contributed by atoms with van der Waals surface area (Å²) in [6.07, 6.45) is 0. The highest BCUT2D eigenvalue weighted by atomic mass is 16.3. The van der Waals surface area contributed by atoms with Crippen LogP contribution in [0.3, 0.4) is 0 Å². The zero-order valence-corrected chi connectivity index (χ0v) is 12.0. The third kappa shape index (κ3) is 14.4. The van der Waals surface area contributed by atoms with Gasteiger partial charge in [-0.25, -0.2) is 4.79 Å². The number of urea groups is 1. The second kappa shape index (κ2) is 12.0. The lowest BCUT2D eigenvalue weighted by Crippen LogP contribution is -2.18. The number of amides is 2. The molecule has 126 valence electrons. The minimum absolute atomic E-state index is 0.0417. The van der Waals surface area contributed by atoms with Crippen LogP contribution in [-0.2, 0) is 4.79 Å². The van der Waals surface area contributed by atoms with Gasteiger partial charge in [0.25, 0.3) is 0 Å². The van der Waals surface area contributed by atoms with Crippen molar-refractivity contribution in [1.82, 2.24) is 15.0 Å². The van der Waals surface area contributed by atoms with Crippen molar-refractivity contribution in [2.45, 2.75) is 0 Å². The summed E-state index contributed by atoms with van der Waals surface area (Å²) in [6.45, 7) is 2.00. The highest BCUT2D eigenvalue weighted by Gasteiger charge is 1.93. The molecule has 0 bridgehead atoms. The molecule has 12 N–H and O–H groups in total. The number of benzene rings is 1. The van der Waals surface area contributed by atoms with E-state index in [0.29, 0.717) is 0 Å². The average Bonchev–Trinajstić information content (AvgIpc) is 2.39. The molecular formula is C11H18N8O4. The van der Waals surface area contributed by atoms with Crippen LogP contribution in [0.2, 0.25) is 0 Å². The van der Waals surface area contributed by atoms with E-state index in [4.69, 9.17) is 37.0 Å². The van der Waals surface area contributed by atoms with Crippen LogP contribution < -0.4 is 28.7 Å². The molecule has 12 heteroatoms. The molecule has 1 heterocycles. The van der Waals surface area contributed by atoms with Crippen LogP contribution in [0.5, 0.6) is 11.5 Å². The van der Waals surface area contributed by atoms with Gasteiger partial charge in [-0.15, -0.1) is 0 Å². The van der Waals surface area contributed by atoms with E-state index >= 15 is 0 Å². The molecule has 2 rings (SSSR count). The predicted octanol–water partition coefficient (Wildman–Crippen LogP) is -1.45. The number of nitrogens with two attached hydrogens (primary N) is 5. The molecule has 12 nitrogen and oxygen atoms in total. The minimum Gasteiger partial charge on any atom is -0.508 e. The Balaban J connectivity index is 0. The van der Waals surface area contributed by atoms with Crippen LogP contribution in [0, 0.1) is 0 Å². The molecule has 0 atom stereocenters. The molecule has 0 spiro atoms. The Morgan fingerprint density at radius 3 is 1.30 bits per heavy atom. The highest BCUT2D eigenvalue weighted by Crippen LogP contribution is 2.14. The molecule has 0 fully saturated rings. The number of anilines is 3. The first-order valence-electron chi connectivity index (χ1n) is 5.55. The van der Waals surface area contributed by atoms with Crippen molar-refractivity contribution in [2.75, 3.05) is 17.2 Å². The summed E-state index contributed by atoms with van der Waals surface area (Å²) in [5.41, 5.74) is 23.9. The molecule has 2 amide bonds. The number of nitrogen functional groups attached to an aromatic ring is 3. The van der Waals surface area contributed by atoms with Crippen molar-refractivity contribution in [3.8, 4) is 11.5 Å². The number of aromatic hydroxyl groups is 2. The molecule has 0 unspecified atom stereocenters. The van der Waals surface area contributed by atoms with Crippen LogP contribution >= 0.6 is 0 Å². The summed E-state index contributed by atoms with van der Waals surface area (Å²) < 4.78 is 0. The summed E-state index contributed by atoms with van der Waals surface area (Å²) >= 11 is 0. The van der Waals surface area contributed by atoms with Crippen LogP contribution in [0.4, 0.5) is 22.6 Å². The first-order valence-corrected chi connectivity index (χ1v) is 5.55. The monoisotopic (exact) mass is 326 g/mol. The van der Waals surface area contributed by atoms with E-state index in [9.17, 15) is 0 Å². The molecule has 23 heavy (non-hydrogen) atoms. The van der Waals surface area contributed by atoms with E-state index < -0.39 is 6.03 Å². The van der Waals surface area contributed by atoms with Gasteiger partial charge < -0.3 is 43.7 Å². The summed E-state index contributed by atoms with van der Waals surface area (Å²) in [4.78, 5) is 27.5. The first-order chi connectivity index (χ1) is 10.7. The van der Waals surface area contributed by atoms with Crippen LogP contribution in [-0.4, -0.2) is 38.0 Å². The number of carbonyl (C=O) groups excluding carboxylic acids is 2. The standard InChI is InChI=1S/C6H6O2.C3H6N6.CH4N2O.CH2O/c7-5-2-1-3-6(8)4-5;4-1-7-2(5)9-3(6)8-1;2-1(3)4;1-2/h1-4,7-8H;(H6,4,5,6,7,8,9);(H4,2,3,4);1H2. The van der Waals surface area contributed by atoms with Crippen molar-refractivity contribution in [3.63, 3.8) is 0 Å². The molecule has 0 aliphatic rings. The van der Waals surface area contributed by atoms with Gasteiger partial charge in [0.1, 0.15) is 18.3 Å². The van der Waals surface area contributed by atoms with Crippen LogP contribution in [0.15, 0.2) is 24.3 Å². The molecule has 1 aromatic heterocycles. The average molecular weight is 326 g/mol. The number of rotatable bonds is 0. The van der Waals surface area contributed by atoms with E-state index in [1.807, 2.05) is 6.79 Å². The summed E-state index contributed by atoms with van der Waals surface area (Å²) in [7, 11) is 0. The maximum absolute atomic E-state index is 9.00. The Hall–Kier alpha value is -3.83. The van der Waals surface area contributed by atoms with E-state index in [1.165, 1.54) is 18.2 Å². The number of primary amides is 2. The van der Waals surface area contributed by atoms with Crippen molar-refractivity contribution in [3.05, 3.63) is 24.3 Å². The van der Waals surface area contributed by atoms with Crippen molar-refractivity contribution in [1.29, 1.82) is 0 Å². The number of hydrogen-bond acceptors (Lipinski definition) is 10. The molecule has 1 aromatic carbocycles. The molecule has 0 aliphatic heterocycles. The summed E-state index contributed by atoms with van der Waals surface area (Å²) in [5, 5.41) is 17.3. The number of phenolic OH excluding ortho intramolecular Hbond substituents is 2. The normalized spacial score (nSPS) is 8.00. The molecule has 0 aliphatic carbocycles. The molecule has 0 saturated carbocycles. The largest absolute Gasteiger partial charge is 0.508 e. The fourth-order valence-corrected chi connectivity index (χ4v) is 0.920. The molecular weight excluding hydrogens is 308 g/mol. The van der Waals surface area contributed by atoms with Crippen molar-refractivity contribution >= 4 is 30.7 Å². The number of phenols is 2. The predicted molar refractivity (Wildman–Crippen MR) is 83.7 cm³/mol.